The van der Waals surface area contributed by atoms with E-state index in [1.165, 1.54) is 32.4 Å². The van der Waals surface area contributed by atoms with E-state index in [9.17, 15) is 0 Å². The number of hydrogen-bond donors (Lipinski definition) is 0. The predicted molar refractivity (Wildman–Crippen MR) is 77.9 cm³/mol. The summed E-state index contributed by atoms with van der Waals surface area (Å²) in [5.41, 5.74) is 0. The summed E-state index contributed by atoms with van der Waals surface area (Å²) in [6.07, 6.45) is 0. The Balaban J connectivity index is -0.00000000947. The summed E-state index contributed by atoms with van der Waals surface area (Å²) in [4.78, 5) is 0. The summed E-state index contributed by atoms with van der Waals surface area (Å²) in [6.45, 7) is 0. The van der Waals surface area contributed by atoms with Gasteiger partial charge in [-0.05, 0) is 0 Å². The molecule has 16 heteroatoms. The third kappa shape index (κ3) is 891. The number of nitrogens with zero attached hydrogens (tertiary/aromatic N) is 6. The van der Waals surface area contributed by atoms with E-state index in [4.69, 9.17) is 31.6 Å². The molecule has 0 aliphatic rings. The van der Waals surface area contributed by atoms with Crippen molar-refractivity contribution < 1.29 is 172 Å². The molecule has 0 bridgehead atoms. The molecule has 0 aliphatic carbocycles. The minimum atomic E-state index is 0. The van der Waals surface area contributed by atoms with E-state index in [-0.39, 0.29) is 172 Å². The number of thiocyanates is 6. The molecular formula is C6CrK3N6S6. The minimum absolute atomic E-state index is 0. The Kier molecular flexibility index (Phi) is 426. The molecular weight excluding hydrogens is 518 g/mol. The van der Waals surface area contributed by atoms with Gasteiger partial charge in [-0.2, -0.15) is 0 Å². The molecule has 0 saturated heterocycles. The maximum absolute atomic E-state index is 7.13. The van der Waals surface area contributed by atoms with Gasteiger partial charge in [0, 0.05) is 0 Å². The fraction of sp³-hybridized carbons (Fsp3) is 0. The molecule has 0 unspecified atom stereocenters. The molecule has 0 heterocycles. The number of rotatable bonds is 0. The molecule has 0 aromatic carbocycles. The zero-order valence-electron chi connectivity index (χ0n) is 11.5. The van der Waals surface area contributed by atoms with Crippen LogP contribution in [0.15, 0.2) is 0 Å². The van der Waals surface area contributed by atoms with Gasteiger partial charge in [0.1, 0.15) is 0 Å². The first-order chi connectivity index (χ1) is 8.49. The van der Waals surface area contributed by atoms with Crippen molar-refractivity contribution >= 4 is 75.8 Å². The van der Waals surface area contributed by atoms with Gasteiger partial charge in [0.05, 0.1) is 0 Å². The summed E-state index contributed by atoms with van der Waals surface area (Å²) < 4.78 is 0. The first-order valence-corrected chi connectivity index (χ1v) is 5.02. The van der Waals surface area contributed by atoms with Gasteiger partial charge in [-0.15, -0.1) is 0 Å². The molecule has 0 atom stereocenters. The summed E-state index contributed by atoms with van der Waals surface area (Å²) in [6, 6.07) is 0. The average molecular weight is 518 g/mol. The molecule has 0 amide bonds. The van der Waals surface area contributed by atoms with E-state index in [0.29, 0.717) is 0 Å². The minimum Gasteiger partial charge on any atom is -0.696 e. The first kappa shape index (κ1) is 63.6. The van der Waals surface area contributed by atoms with Crippen LogP contribution in [-0.4, -0.2) is 0 Å². The Hall–Kier alpha value is 3.70. The summed E-state index contributed by atoms with van der Waals surface area (Å²) in [7, 11) is 0. The van der Waals surface area contributed by atoms with Crippen LogP contribution in [0.1, 0.15) is 0 Å². The van der Waals surface area contributed by atoms with Crippen LogP contribution in [0.4, 0.5) is 0 Å². The van der Waals surface area contributed by atoms with Crippen molar-refractivity contribution in [2.75, 3.05) is 0 Å². The van der Waals surface area contributed by atoms with E-state index >= 15 is 0 Å². The zero-order valence-corrected chi connectivity index (χ0v) is 27.1. The van der Waals surface area contributed by atoms with Crippen molar-refractivity contribution in [3.63, 3.8) is 0 Å². The largest absolute Gasteiger partial charge is 3.00 e. The van der Waals surface area contributed by atoms with Crippen molar-refractivity contribution in [2.45, 2.75) is 0 Å². The second-order valence-electron chi connectivity index (χ2n) is 0.548. The molecule has 0 spiro atoms. The van der Waals surface area contributed by atoms with E-state index in [1.807, 2.05) is 0 Å². The Bertz CT molecular complexity index is 269. The van der Waals surface area contributed by atoms with E-state index in [2.05, 4.69) is 75.8 Å². The molecule has 1 radical (unpaired) electrons. The predicted octanol–water partition coefficient (Wildman–Crippen LogP) is -8.90. The Morgan fingerprint density at radius 3 is 0.364 bits per heavy atom. The van der Waals surface area contributed by atoms with Crippen LogP contribution in [-0.2, 0) is 93.1 Å². The van der Waals surface area contributed by atoms with Crippen molar-refractivity contribution in [1.82, 2.24) is 0 Å². The average Bonchev–Trinajstić information content (AvgIpc) is 2.23. The second-order valence-corrected chi connectivity index (χ2v) is 1.64. The second kappa shape index (κ2) is 147. The van der Waals surface area contributed by atoms with Gasteiger partial charge in [-0.1, -0.05) is 32.4 Å². The number of nitriles is 6. The molecule has 22 heavy (non-hydrogen) atoms. The topological polar surface area (TPSA) is 143 Å². The maximum Gasteiger partial charge on any atom is 3.00 e. The quantitative estimate of drug-likeness (QED) is 0.171. The monoisotopic (exact) mass is 517 g/mol. The Morgan fingerprint density at radius 1 is 0.364 bits per heavy atom. The smallest absolute Gasteiger partial charge is 0.696 e. The van der Waals surface area contributed by atoms with E-state index < -0.39 is 0 Å². The summed E-state index contributed by atoms with van der Waals surface area (Å²) >= 11 is 22.2. The maximum atomic E-state index is 7.13. The van der Waals surface area contributed by atoms with Crippen LogP contribution in [0, 0.1) is 64.0 Å². The van der Waals surface area contributed by atoms with Crippen LogP contribution < -0.4 is 154 Å². The third-order valence-corrected chi connectivity index (χ3v) is 0. The van der Waals surface area contributed by atoms with Gasteiger partial charge >= 0.3 is 172 Å². The van der Waals surface area contributed by atoms with Crippen LogP contribution in [0.5, 0.6) is 0 Å². The fourth-order valence-electron chi connectivity index (χ4n) is 0. The molecule has 0 aliphatic heterocycles. The van der Waals surface area contributed by atoms with Crippen molar-refractivity contribution in [3.05, 3.63) is 0 Å². The van der Waals surface area contributed by atoms with Crippen LogP contribution in [0.2, 0.25) is 0 Å². The van der Waals surface area contributed by atoms with Gasteiger partial charge < -0.3 is 75.8 Å². The molecule has 0 saturated carbocycles. The Labute approximate surface area is 303 Å². The molecule has 0 aromatic rings. The number of hydrogen-bond acceptors (Lipinski definition) is 12. The Morgan fingerprint density at radius 2 is 0.364 bits per heavy atom. The normalized spacial score (nSPS) is 1.91. The van der Waals surface area contributed by atoms with Crippen LogP contribution in [0.3, 0.4) is 0 Å². The molecule has 6 nitrogen and oxygen atoms in total. The summed E-state index contributed by atoms with van der Waals surface area (Å²) in [5.74, 6) is 0. The molecule has 0 fully saturated rings. The van der Waals surface area contributed by atoms with Gasteiger partial charge in [0.2, 0.25) is 0 Å². The molecule has 0 rings (SSSR count). The first-order valence-electron chi connectivity index (χ1n) is 2.57. The third-order valence-electron chi connectivity index (χ3n) is 0. The van der Waals surface area contributed by atoms with Crippen molar-refractivity contribution in [3.8, 4) is 32.4 Å². The van der Waals surface area contributed by atoms with Gasteiger partial charge in [-0.3, -0.25) is 0 Å². The SMILES string of the molecule is N#C[S-].N#C[S-].N#C[S-].N#C[S-].N#C[S-].N#C[S-].[Cr+3].[K+].[K+].[K+]. The zero-order chi connectivity index (χ0) is 16.2. The molecule has 0 aromatic heterocycles. The molecule has 99 valence electrons. The van der Waals surface area contributed by atoms with Gasteiger partial charge in [0.15, 0.2) is 0 Å². The molecule has 0 N–H and O–H groups in total. The summed E-state index contributed by atoms with van der Waals surface area (Å²) in [5, 5.41) is 50.8. The fourth-order valence-corrected chi connectivity index (χ4v) is 0. The van der Waals surface area contributed by atoms with Crippen molar-refractivity contribution in [2.24, 2.45) is 0 Å². The van der Waals surface area contributed by atoms with Gasteiger partial charge in [0.25, 0.3) is 0 Å². The van der Waals surface area contributed by atoms with Crippen molar-refractivity contribution in [1.29, 1.82) is 31.6 Å². The standard InChI is InChI=1S/6CHNS.Cr.3K/c6*2-1-3;;;;/h6*3H;;;;/q;;;;;;+3;3*+1/p-6. The van der Waals surface area contributed by atoms with Gasteiger partial charge in [-0.25, -0.2) is 31.6 Å². The van der Waals surface area contributed by atoms with Crippen LogP contribution >= 0.6 is 0 Å². The van der Waals surface area contributed by atoms with E-state index in [1.54, 1.807) is 0 Å². The van der Waals surface area contributed by atoms with E-state index in [0.717, 1.165) is 0 Å². The van der Waals surface area contributed by atoms with Crippen LogP contribution in [0.25, 0.3) is 0 Å².